The molecule has 0 fully saturated rings. The summed E-state index contributed by atoms with van der Waals surface area (Å²) in [6.07, 6.45) is -3.25. The minimum atomic E-state index is -4.51. The van der Waals surface area contributed by atoms with E-state index in [2.05, 4.69) is 9.73 Å². The predicted molar refractivity (Wildman–Crippen MR) is 69.5 cm³/mol. The molecular formula is C14H11F3N2O3. The van der Waals surface area contributed by atoms with Gasteiger partial charge in [0.25, 0.3) is 5.91 Å². The highest BCUT2D eigenvalue weighted by molar-refractivity contribution is 5.97. The van der Waals surface area contributed by atoms with Crippen LogP contribution >= 0.6 is 0 Å². The number of rotatable bonds is 3. The first-order valence-electron chi connectivity index (χ1n) is 6.11. The molecule has 0 saturated heterocycles. The first-order chi connectivity index (χ1) is 10.4. The van der Waals surface area contributed by atoms with Crippen LogP contribution in [0, 0.1) is 0 Å². The summed E-state index contributed by atoms with van der Waals surface area (Å²) in [5.74, 6) is -1.05. The molecule has 1 aromatic carbocycles. The Balaban J connectivity index is 2.31. The molecule has 1 heterocycles. The number of hydrogen-bond donors (Lipinski definition) is 1. The van der Waals surface area contributed by atoms with Gasteiger partial charge in [-0.2, -0.15) is 22.9 Å². The lowest BCUT2D eigenvalue weighted by atomic mass is 10.2. The molecule has 22 heavy (non-hydrogen) atoms. The van der Waals surface area contributed by atoms with E-state index in [0.717, 1.165) is 0 Å². The van der Waals surface area contributed by atoms with Crippen LogP contribution in [0.3, 0.4) is 0 Å². The third-order valence-electron chi connectivity index (χ3n) is 2.54. The molecule has 116 valence electrons. The van der Waals surface area contributed by atoms with Crippen LogP contribution in [-0.4, -0.2) is 28.6 Å². The van der Waals surface area contributed by atoms with Crippen molar-refractivity contribution >= 4 is 5.91 Å². The second kappa shape index (κ2) is 6.33. The molecule has 2 rings (SSSR count). The standard InChI is InChI=1S/C14H11F3N2O3/c15-14(16,17)9-22-11-6-2-1-5-10(11)13(20)18-12-7-3-4-8-19(12)21/h1-8,21H,9H2. The number of pyridine rings is 1. The molecule has 0 spiro atoms. The Kier molecular flexibility index (Phi) is 4.50. The van der Waals surface area contributed by atoms with Crippen molar-refractivity contribution < 1.29 is 27.9 Å². The summed E-state index contributed by atoms with van der Waals surface area (Å²) in [5, 5.41) is 9.48. The van der Waals surface area contributed by atoms with Crippen molar-refractivity contribution in [3.05, 3.63) is 59.7 Å². The van der Waals surface area contributed by atoms with Crippen molar-refractivity contribution in [2.24, 2.45) is 4.99 Å². The fraction of sp³-hybridized carbons (Fsp3) is 0.143. The average Bonchev–Trinajstić information content (AvgIpc) is 2.47. The number of ether oxygens (including phenoxy) is 1. The van der Waals surface area contributed by atoms with Crippen molar-refractivity contribution in [3.63, 3.8) is 0 Å². The number of carbonyl (C=O) groups excluding carboxylic acids is 1. The summed E-state index contributed by atoms with van der Waals surface area (Å²) in [7, 11) is 0. The van der Waals surface area contributed by atoms with Gasteiger partial charge in [-0.1, -0.05) is 18.2 Å². The summed E-state index contributed by atoms with van der Waals surface area (Å²) in [4.78, 5) is 15.7. The van der Waals surface area contributed by atoms with Gasteiger partial charge in [-0.3, -0.25) is 4.79 Å². The number of nitrogens with zero attached hydrogens (tertiary/aromatic N) is 2. The van der Waals surface area contributed by atoms with Crippen molar-refractivity contribution in [3.8, 4) is 5.75 Å². The minimum Gasteiger partial charge on any atom is -0.483 e. The number of para-hydroxylation sites is 1. The van der Waals surface area contributed by atoms with Crippen LogP contribution in [0.15, 0.2) is 53.7 Å². The molecule has 1 N–H and O–H groups in total. The van der Waals surface area contributed by atoms with Gasteiger partial charge in [0, 0.05) is 6.20 Å². The molecule has 2 aromatic rings. The summed E-state index contributed by atoms with van der Waals surface area (Å²) in [5.41, 5.74) is -0.186. The lowest BCUT2D eigenvalue weighted by molar-refractivity contribution is -0.153. The fourth-order valence-corrected chi connectivity index (χ4v) is 1.61. The van der Waals surface area contributed by atoms with Crippen LogP contribution in [0.4, 0.5) is 13.2 Å². The van der Waals surface area contributed by atoms with Crippen molar-refractivity contribution in [1.82, 2.24) is 4.73 Å². The normalized spacial score (nSPS) is 12.2. The Morgan fingerprint density at radius 3 is 2.55 bits per heavy atom. The van der Waals surface area contributed by atoms with Gasteiger partial charge < -0.3 is 9.94 Å². The number of aromatic nitrogens is 1. The second-order valence-corrected chi connectivity index (χ2v) is 4.22. The number of amides is 1. The third kappa shape index (κ3) is 4.11. The smallest absolute Gasteiger partial charge is 0.422 e. The predicted octanol–water partition coefficient (Wildman–Crippen LogP) is 2.41. The molecule has 0 aliphatic carbocycles. The van der Waals surface area contributed by atoms with Gasteiger partial charge in [0.05, 0.1) is 5.56 Å². The summed E-state index contributed by atoms with van der Waals surface area (Å²) in [6.45, 7) is -1.51. The van der Waals surface area contributed by atoms with Crippen LogP contribution in [0.1, 0.15) is 10.4 Å². The van der Waals surface area contributed by atoms with Crippen LogP contribution in [0.25, 0.3) is 0 Å². The largest absolute Gasteiger partial charge is 0.483 e. The van der Waals surface area contributed by atoms with Gasteiger partial charge in [0.2, 0.25) is 0 Å². The van der Waals surface area contributed by atoms with Gasteiger partial charge >= 0.3 is 6.18 Å². The molecule has 8 heteroatoms. The Labute approximate surface area is 122 Å². The molecule has 1 aromatic heterocycles. The van der Waals surface area contributed by atoms with Crippen molar-refractivity contribution in [2.45, 2.75) is 6.18 Å². The average molecular weight is 312 g/mol. The summed E-state index contributed by atoms with van der Waals surface area (Å²) >= 11 is 0. The Bertz CT molecular complexity index is 738. The highest BCUT2D eigenvalue weighted by Crippen LogP contribution is 2.22. The first-order valence-corrected chi connectivity index (χ1v) is 6.11. The van der Waals surface area contributed by atoms with Gasteiger partial charge in [-0.05, 0) is 24.3 Å². The SMILES string of the molecule is O=C(N=c1ccccn1O)c1ccccc1OCC(F)(F)F. The van der Waals surface area contributed by atoms with E-state index in [1.54, 1.807) is 6.07 Å². The van der Waals surface area contributed by atoms with Crippen molar-refractivity contribution in [1.29, 1.82) is 0 Å². The number of halogens is 3. The lowest BCUT2D eigenvalue weighted by Gasteiger charge is -2.11. The van der Waals surface area contributed by atoms with E-state index in [4.69, 9.17) is 0 Å². The fourth-order valence-electron chi connectivity index (χ4n) is 1.61. The topological polar surface area (TPSA) is 63.8 Å². The summed E-state index contributed by atoms with van der Waals surface area (Å²) in [6, 6.07) is 9.89. The summed E-state index contributed by atoms with van der Waals surface area (Å²) < 4.78 is 41.8. The maximum atomic E-state index is 12.2. The molecule has 0 atom stereocenters. The maximum absolute atomic E-state index is 12.2. The highest BCUT2D eigenvalue weighted by Gasteiger charge is 2.29. The van der Waals surface area contributed by atoms with E-state index < -0.39 is 18.7 Å². The molecule has 1 amide bonds. The number of hydrogen-bond acceptors (Lipinski definition) is 3. The van der Waals surface area contributed by atoms with Crippen LogP contribution in [0.5, 0.6) is 5.75 Å². The zero-order chi connectivity index (χ0) is 16.2. The van der Waals surface area contributed by atoms with Gasteiger partial charge in [0.1, 0.15) is 5.75 Å². The molecular weight excluding hydrogens is 301 g/mol. The van der Waals surface area contributed by atoms with E-state index in [1.807, 2.05) is 0 Å². The van der Waals surface area contributed by atoms with E-state index in [0.29, 0.717) is 4.73 Å². The molecule has 0 bridgehead atoms. The highest BCUT2D eigenvalue weighted by atomic mass is 19.4. The van der Waals surface area contributed by atoms with Crippen LogP contribution in [0.2, 0.25) is 0 Å². The van der Waals surface area contributed by atoms with Crippen LogP contribution in [-0.2, 0) is 0 Å². The van der Waals surface area contributed by atoms with E-state index in [9.17, 15) is 23.2 Å². The first kappa shape index (κ1) is 15.6. The lowest BCUT2D eigenvalue weighted by Crippen LogP contribution is -2.21. The zero-order valence-electron chi connectivity index (χ0n) is 11.1. The second-order valence-electron chi connectivity index (χ2n) is 4.22. The number of carbonyl (C=O) groups is 1. The van der Waals surface area contributed by atoms with Gasteiger partial charge in [-0.15, -0.1) is 0 Å². The number of alkyl halides is 3. The molecule has 0 saturated carbocycles. The quantitative estimate of drug-likeness (QED) is 0.885. The van der Waals surface area contributed by atoms with Gasteiger partial charge in [-0.25, -0.2) is 0 Å². The minimum absolute atomic E-state index is 0.0573. The van der Waals surface area contributed by atoms with E-state index >= 15 is 0 Å². The molecule has 0 aliphatic rings. The van der Waals surface area contributed by atoms with Gasteiger partial charge in [0.15, 0.2) is 12.1 Å². The third-order valence-corrected chi connectivity index (χ3v) is 2.54. The Morgan fingerprint density at radius 1 is 1.18 bits per heavy atom. The van der Waals surface area contributed by atoms with Crippen LogP contribution < -0.4 is 10.2 Å². The zero-order valence-corrected chi connectivity index (χ0v) is 11.1. The Morgan fingerprint density at radius 2 is 1.86 bits per heavy atom. The molecule has 0 aliphatic heterocycles. The van der Waals surface area contributed by atoms with Crippen molar-refractivity contribution in [2.75, 3.05) is 6.61 Å². The van der Waals surface area contributed by atoms with E-state index in [-0.39, 0.29) is 16.8 Å². The van der Waals surface area contributed by atoms with E-state index in [1.165, 1.54) is 42.6 Å². The molecule has 5 nitrogen and oxygen atoms in total. The Hall–Kier alpha value is -2.77. The molecule has 0 unspecified atom stereocenters. The monoisotopic (exact) mass is 312 g/mol. The molecule has 0 radical (unpaired) electrons. The number of benzene rings is 1. The maximum Gasteiger partial charge on any atom is 0.422 e.